The fourth-order valence-corrected chi connectivity index (χ4v) is 1.77. The topological polar surface area (TPSA) is 134 Å². The highest BCUT2D eigenvalue weighted by molar-refractivity contribution is 5.23. The molecule has 0 saturated carbocycles. The van der Waals surface area contributed by atoms with Crippen LogP contribution >= 0.6 is 0 Å². The van der Waals surface area contributed by atoms with E-state index in [0.717, 1.165) is 10.9 Å². The normalized spacial score (nSPS) is 28.2. The molecule has 3 atom stereocenters. The van der Waals surface area contributed by atoms with Gasteiger partial charge in [0.2, 0.25) is 5.95 Å². The lowest BCUT2D eigenvalue weighted by Crippen LogP contribution is -2.36. The first-order chi connectivity index (χ1) is 8.04. The maximum absolute atomic E-state index is 11.5. The maximum atomic E-state index is 11.5. The van der Waals surface area contributed by atoms with E-state index >= 15 is 0 Å². The van der Waals surface area contributed by atoms with Crippen molar-refractivity contribution in [2.24, 2.45) is 0 Å². The van der Waals surface area contributed by atoms with E-state index in [1.807, 2.05) is 0 Å². The summed E-state index contributed by atoms with van der Waals surface area (Å²) in [6.45, 7) is -0.390. The Morgan fingerprint density at radius 2 is 2.18 bits per heavy atom. The van der Waals surface area contributed by atoms with Crippen LogP contribution in [-0.4, -0.2) is 48.7 Å². The molecule has 0 aromatic carbocycles. The molecule has 1 aromatic rings. The van der Waals surface area contributed by atoms with Gasteiger partial charge in [-0.2, -0.15) is 4.98 Å². The SMILES string of the molecule is Nc1ncn(C2C=C(CO)[C@@H](O)[C@H]2O)c(=O)n1. The second kappa shape index (κ2) is 4.24. The highest BCUT2D eigenvalue weighted by Crippen LogP contribution is 2.27. The second-order valence-corrected chi connectivity index (χ2v) is 3.73. The summed E-state index contributed by atoms with van der Waals surface area (Å²) in [5, 5.41) is 28.3. The maximum Gasteiger partial charge on any atom is 0.352 e. The first-order valence-electron chi connectivity index (χ1n) is 4.93. The lowest BCUT2D eigenvalue weighted by molar-refractivity contribution is 0.0269. The van der Waals surface area contributed by atoms with Gasteiger partial charge in [0.05, 0.1) is 12.6 Å². The molecule has 1 aliphatic rings. The summed E-state index contributed by atoms with van der Waals surface area (Å²) in [5.74, 6) is -0.161. The number of aliphatic hydroxyl groups is 3. The number of nitrogens with two attached hydrogens (primary N) is 1. The van der Waals surface area contributed by atoms with Gasteiger partial charge in [-0.05, 0) is 5.57 Å². The quantitative estimate of drug-likeness (QED) is 0.417. The molecule has 17 heavy (non-hydrogen) atoms. The molecular weight excluding hydrogens is 228 g/mol. The van der Waals surface area contributed by atoms with Gasteiger partial charge in [-0.25, -0.2) is 9.78 Å². The average molecular weight is 240 g/mol. The Labute approximate surface area is 95.7 Å². The Kier molecular flexibility index (Phi) is 2.92. The van der Waals surface area contributed by atoms with Gasteiger partial charge in [-0.15, -0.1) is 0 Å². The van der Waals surface area contributed by atoms with E-state index in [9.17, 15) is 15.0 Å². The summed E-state index contributed by atoms with van der Waals surface area (Å²) >= 11 is 0. The predicted molar refractivity (Wildman–Crippen MR) is 56.9 cm³/mol. The van der Waals surface area contributed by atoms with E-state index in [0.29, 0.717) is 0 Å². The molecule has 2 rings (SSSR count). The number of hydrogen-bond donors (Lipinski definition) is 4. The molecule has 1 heterocycles. The molecule has 0 spiro atoms. The molecule has 92 valence electrons. The van der Waals surface area contributed by atoms with Gasteiger partial charge < -0.3 is 21.1 Å². The Bertz CT molecular complexity index is 512. The summed E-state index contributed by atoms with van der Waals surface area (Å²) in [6.07, 6.45) is 0.134. The van der Waals surface area contributed by atoms with Crippen molar-refractivity contribution < 1.29 is 15.3 Å². The first kappa shape index (κ1) is 11.7. The van der Waals surface area contributed by atoms with Crippen molar-refractivity contribution in [3.8, 4) is 0 Å². The molecule has 0 radical (unpaired) electrons. The minimum atomic E-state index is -1.22. The number of rotatable bonds is 2. The molecule has 0 bridgehead atoms. The van der Waals surface area contributed by atoms with Gasteiger partial charge in [0.15, 0.2) is 0 Å². The fraction of sp³-hybridized carbons (Fsp3) is 0.444. The van der Waals surface area contributed by atoms with Crippen LogP contribution in [0, 0.1) is 0 Å². The van der Waals surface area contributed by atoms with Gasteiger partial charge in [0, 0.05) is 0 Å². The number of hydrogen-bond acceptors (Lipinski definition) is 7. The summed E-state index contributed by atoms with van der Waals surface area (Å²) in [5.41, 5.74) is 4.82. The Balaban J connectivity index is 2.41. The van der Waals surface area contributed by atoms with Crippen LogP contribution in [0.3, 0.4) is 0 Å². The van der Waals surface area contributed by atoms with Crippen molar-refractivity contribution in [2.45, 2.75) is 18.2 Å². The molecule has 5 N–H and O–H groups in total. The zero-order chi connectivity index (χ0) is 12.6. The first-order valence-corrected chi connectivity index (χ1v) is 4.93. The van der Waals surface area contributed by atoms with E-state index in [1.54, 1.807) is 0 Å². The minimum Gasteiger partial charge on any atom is -0.392 e. The van der Waals surface area contributed by atoms with Crippen molar-refractivity contribution >= 4 is 5.95 Å². The highest BCUT2D eigenvalue weighted by Gasteiger charge is 2.35. The summed E-state index contributed by atoms with van der Waals surface area (Å²) in [4.78, 5) is 18.6. The summed E-state index contributed by atoms with van der Waals surface area (Å²) in [7, 11) is 0. The number of nitrogen functional groups attached to an aromatic ring is 1. The highest BCUT2D eigenvalue weighted by atomic mass is 16.3. The Morgan fingerprint density at radius 3 is 2.71 bits per heavy atom. The van der Waals surface area contributed by atoms with E-state index in [4.69, 9.17) is 10.8 Å². The van der Waals surface area contributed by atoms with Crippen LogP contribution in [0.4, 0.5) is 5.95 Å². The number of nitrogens with zero attached hydrogens (tertiary/aromatic N) is 3. The van der Waals surface area contributed by atoms with Crippen molar-refractivity contribution in [1.29, 1.82) is 0 Å². The second-order valence-electron chi connectivity index (χ2n) is 3.73. The van der Waals surface area contributed by atoms with Crippen molar-refractivity contribution in [1.82, 2.24) is 14.5 Å². The van der Waals surface area contributed by atoms with Gasteiger partial charge in [0.1, 0.15) is 18.5 Å². The van der Waals surface area contributed by atoms with Crippen LogP contribution in [0.2, 0.25) is 0 Å². The van der Waals surface area contributed by atoms with E-state index in [1.165, 1.54) is 6.08 Å². The van der Waals surface area contributed by atoms with E-state index in [-0.39, 0.29) is 18.1 Å². The molecule has 1 aromatic heterocycles. The van der Waals surface area contributed by atoms with Crippen LogP contribution in [0.25, 0.3) is 0 Å². The zero-order valence-electron chi connectivity index (χ0n) is 8.76. The fourth-order valence-electron chi connectivity index (χ4n) is 1.77. The number of aliphatic hydroxyl groups excluding tert-OH is 3. The smallest absolute Gasteiger partial charge is 0.352 e. The van der Waals surface area contributed by atoms with Crippen molar-refractivity contribution in [3.63, 3.8) is 0 Å². The molecule has 0 aliphatic heterocycles. The van der Waals surface area contributed by atoms with Crippen molar-refractivity contribution in [2.75, 3.05) is 12.3 Å². The monoisotopic (exact) mass is 240 g/mol. The van der Waals surface area contributed by atoms with Gasteiger partial charge in [-0.1, -0.05) is 6.08 Å². The van der Waals surface area contributed by atoms with Crippen LogP contribution in [0.15, 0.2) is 22.8 Å². The van der Waals surface area contributed by atoms with Gasteiger partial charge in [-0.3, -0.25) is 4.57 Å². The van der Waals surface area contributed by atoms with Gasteiger partial charge >= 0.3 is 5.69 Å². The third-order valence-corrected chi connectivity index (χ3v) is 2.69. The molecule has 1 aliphatic carbocycles. The lowest BCUT2D eigenvalue weighted by atomic mass is 10.1. The minimum absolute atomic E-state index is 0.161. The third-order valence-electron chi connectivity index (χ3n) is 2.69. The van der Waals surface area contributed by atoms with Crippen LogP contribution in [0.1, 0.15) is 6.04 Å². The van der Waals surface area contributed by atoms with E-state index < -0.39 is 23.9 Å². The summed E-state index contributed by atoms with van der Waals surface area (Å²) in [6, 6.07) is -0.805. The van der Waals surface area contributed by atoms with E-state index in [2.05, 4.69) is 9.97 Å². The average Bonchev–Trinajstić information content (AvgIpc) is 2.57. The molecule has 0 saturated heterocycles. The molecule has 0 fully saturated rings. The van der Waals surface area contributed by atoms with Crippen LogP contribution in [0.5, 0.6) is 0 Å². The largest absolute Gasteiger partial charge is 0.392 e. The molecule has 8 nitrogen and oxygen atoms in total. The lowest BCUT2D eigenvalue weighted by Gasteiger charge is -2.18. The number of anilines is 1. The number of aromatic nitrogens is 3. The summed E-state index contributed by atoms with van der Waals surface area (Å²) < 4.78 is 1.05. The standard InChI is InChI=1S/C9H12N4O4/c10-8-11-3-13(9(17)12-8)5-1-4(2-14)6(15)7(5)16/h1,3,5-7,14-16H,2H2,(H2,10,12,17)/t5?,6-,7+/m1/s1. The molecule has 1 unspecified atom stereocenters. The van der Waals surface area contributed by atoms with Gasteiger partial charge in [0.25, 0.3) is 0 Å². The van der Waals surface area contributed by atoms with Crippen molar-refractivity contribution in [3.05, 3.63) is 28.5 Å². The van der Waals surface area contributed by atoms with Crippen LogP contribution < -0.4 is 11.4 Å². The molecular formula is C9H12N4O4. The molecule has 0 amide bonds. The zero-order valence-corrected chi connectivity index (χ0v) is 8.76. The Morgan fingerprint density at radius 1 is 1.47 bits per heavy atom. The predicted octanol–water partition coefficient (Wildman–Crippen LogP) is -2.58. The third kappa shape index (κ3) is 1.93. The molecule has 8 heteroatoms. The Hall–Kier alpha value is -1.77. The van der Waals surface area contributed by atoms with Crippen LogP contribution in [-0.2, 0) is 0 Å².